The summed E-state index contributed by atoms with van der Waals surface area (Å²) in [6.07, 6.45) is 1.66. The predicted octanol–water partition coefficient (Wildman–Crippen LogP) is 6.32. The molecule has 0 spiro atoms. The van der Waals surface area contributed by atoms with Gasteiger partial charge in [0.25, 0.3) is 0 Å². The molecule has 2 aliphatic rings. The lowest BCUT2D eigenvalue weighted by Gasteiger charge is -2.06. The van der Waals surface area contributed by atoms with E-state index in [1.54, 1.807) is 0 Å². The summed E-state index contributed by atoms with van der Waals surface area (Å²) in [4.78, 5) is 79.7. The molecule has 0 aliphatic carbocycles. The van der Waals surface area contributed by atoms with Crippen molar-refractivity contribution in [3.05, 3.63) is 69.3 Å². The standard InChI is InChI=1S/C42H48N4O10/c1-22-25(9-13-38(47)52-4)33-19-31-24(3)27(11-15-40(49)54-6)35(45-31)21-37-29(17-42(51)56-8)28(12-16-41(50)55-7)36(46-37)20-32-23(2)26(10-14-39(48)53-5)34(44-32)18-30(22)43-33/h18-21,44,46H,9-17H2,1-8H3. The number of carbonyl (C=O) groups excluding carboxylic acids is 5. The van der Waals surface area contributed by atoms with E-state index in [1.807, 2.05) is 45.0 Å². The van der Waals surface area contributed by atoms with Gasteiger partial charge in [-0.1, -0.05) is 0 Å². The first kappa shape index (κ1) is 41.1. The minimum absolute atomic E-state index is 0.0511. The summed E-state index contributed by atoms with van der Waals surface area (Å²) >= 11 is 0. The van der Waals surface area contributed by atoms with Gasteiger partial charge < -0.3 is 33.7 Å². The van der Waals surface area contributed by atoms with Crippen molar-refractivity contribution >= 4 is 74.2 Å². The van der Waals surface area contributed by atoms with Crippen molar-refractivity contribution < 1.29 is 47.7 Å². The number of nitrogens with zero attached hydrogens (tertiary/aromatic N) is 2. The lowest BCUT2D eigenvalue weighted by Crippen LogP contribution is -2.07. The third-order valence-electron chi connectivity index (χ3n) is 10.4. The summed E-state index contributed by atoms with van der Waals surface area (Å²) < 4.78 is 25.0. The van der Waals surface area contributed by atoms with Crippen molar-refractivity contribution in [2.24, 2.45) is 0 Å². The number of ether oxygens (including phenoxy) is 5. The molecule has 0 radical (unpaired) electrons. The summed E-state index contributed by atoms with van der Waals surface area (Å²) in [5.41, 5.74) is 11.6. The molecule has 0 saturated carbocycles. The van der Waals surface area contributed by atoms with Gasteiger partial charge in [-0.3, -0.25) is 24.0 Å². The first-order chi connectivity index (χ1) is 26.8. The number of esters is 5. The molecule has 0 saturated heterocycles. The number of aromatic amines is 2. The van der Waals surface area contributed by atoms with Crippen LogP contribution in [-0.4, -0.2) is 85.3 Å². The second kappa shape index (κ2) is 18.1. The minimum Gasteiger partial charge on any atom is -0.469 e. The van der Waals surface area contributed by atoms with Gasteiger partial charge in [-0.05, 0) is 115 Å². The van der Waals surface area contributed by atoms with E-state index < -0.39 is 11.9 Å². The monoisotopic (exact) mass is 768 g/mol. The number of hydrogen-bond donors (Lipinski definition) is 2. The lowest BCUT2D eigenvalue weighted by molar-refractivity contribution is -0.141. The molecule has 5 heterocycles. The van der Waals surface area contributed by atoms with Crippen LogP contribution in [0.2, 0.25) is 0 Å². The predicted molar refractivity (Wildman–Crippen MR) is 210 cm³/mol. The molecule has 0 unspecified atom stereocenters. The fraction of sp³-hybridized carbons (Fsp3) is 0.405. The summed E-state index contributed by atoms with van der Waals surface area (Å²) in [6.45, 7) is 5.84. The van der Waals surface area contributed by atoms with Crippen molar-refractivity contribution in [3.63, 3.8) is 0 Å². The number of nitrogens with one attached hydrogen (secondary N) is 2. The zero-order chi connectivity index (χ0) is 40.7. The van der Waals surface area contributed by atoms with E-state index in [0.29, 0.717) is 64.2 Å². The third-order valence-corrected chi connectivity index (χ3v) is 10.4. The van der Waals surface area contributed by atoms with Gasteiger partial charge in [0.15, 0.2) is 0 Å². The topological polar surface area (TPSA) is 189 Å². The quantitative estimate of drug-likeness (QED) is 0.137. The average Bonchev–Trinajstić information content (AvgIpc) is 3.86. The highest BCUT2D eigenvalue weighted by Crippen LogP contribution is 2.38. The maximum atomic E-state index is 12.9. The van der Waals surface area contributed by atoms with Crippen molar-refractivity contribution in [2.75, 3.05) is 35.5 Å². The maximum Gasteiger partial charge on any atom is 0.310 e. The van der Waals surface area contributed by atoms with Gasteiger partial charge in [0.2, 0.25) is 0 Å². The molecule has 8 bridgehead atoms. The van der Waals surface area contributed by atoms with E-state index in [9.17, 15) is 24.0 Å². The fourth-order valence-electron chi connectivity index (χ4n) is 7.11. The highest BCUT2D eigenvalue weighted by molar-refractivity contribution is 5.97. The maximum absolute atomic E-state index is 12.9. The van der Waals surface area contributed by atoms with Crippen LogP contribution in [0, 0.1) is 6.92 Å². The minimum atomic E-state index is -0.479. The van der Waals surface area contributed by atoms with E-state index in [-0.39, 0.29) is 56.4 Å². The van der Waals surface area contributed by atoms with Crippen LogP contribution >= 0.6 is 0 Å². The number of hydrogen-bond acceptors (Lipinski definition) is 12. The zero-order valence-electron chi connectivity index (χ0n) is 33.2. The Hall–Kier alpha value is -6.05. The molecule has 3 aromatic heterocycles. The lowest BCUT2D eigenvalue weighted by atomic mass is 9.98. The molecule has 5 rings (SSSR count). The molecule has 2 N–H and O–H groups in total. The molecular weight excluding hydrogens is 720 g/mol. The summed E-state index contributed by atoms with van der Waals surface area (Å²) in [5, 5.41) is 0. The van der Waals surface area contributed by atoms with E-state index in [2.05, 4.69) is 9.97 Å². The normalized spacial score (nSPS) is 12.4. The van der Waals surface area contributed by atoms with Crippen LogP contribution in [0.1, 0.15) is 97.4 Å². The third kappa shape index (κ3) is 9.07. The molecule has 0 amide bonds. The van der Waals surface area contributed by atoms with Gasteiger partial charge in [0.1, 0.15) is 0 Å². The van der Waals surface area contributed by atoms with Gasteiger partial charge in [0.05, 0.1) is 64.7 Å². The molecule has 14 nitrogen and oxygen atoms in total. The summed E-state index contributed by atoms with van der Waals surface area (Å²) in [7, 11) is 6.69. The van der Waals surface area contributed by atoms with Crippen LogP contribution in [0.5, 0.6) is 0 Å². The van der Waals surface area contributed by atoms with Gasteiger partial charge in [-0.15, -0.1) is 0 Å². The van der Waals surface area contributed by atoms with Crippen molar-refractivity contribution in [1.82, 2.24) is 19.9 Å². The number of allylic oxidation sites excluding steroid dienone is 4. The molecule has 56 heavy (non-hydrogen) atoms. The Morgan fingerprint density at radius 3 is 1.38 bits per heavy atom. The Kier molecular flexibility index (Phi) is 13.3. The molecule has 296 valence electrons. The van der Waals surface area contributed by atoms with Crippen LogP contribution in [-0.2, 0) is 66.9 Å². The Bertz CT molecular complexity index is 2310. The summed E-state index contributed by atoms with van der Waals surface area (Å²) in [6, 6.07) is 7.58. The first-order valence-corrected chi connectivity index (χ1v) is 18.3. The summed E-state index contributed by atoms with van der Waals surface area (Å²) in [5.74, 6) is -1.97. The number of rotatable bonds is 14. The van der Waals surface area contributed by atoms with Gasteiger partial charge in [0, 0.05) is 47.8 Å². The highest BCUT2D eigenvalue weighted by Gasteiger charge is 2.24. The van der Waals surface area contributed by atoms with E-state index in [0.717, 1.165) is 44.5 Å². The number of carbonyl (C=O) groups is 5. The SMILES string of the molecule is COC(=O)CCC1=C(C)c2cc3[nH]c(cc4[nH]c(cc5nc(cc1n2)C(C)=C5CCC(=O)OC)c(CC(=O)OC)c4CCC(=O)OC)c(C)c3CCC(=O)OC. The van der Waals surface area contributed by atoms with Crippen LogP contribution in [0.4, 0.5) is 0 Å². The molecule has 3 aromatic rings. The van der Waals surface area contributed by atoms with Crippen LogP contribution in [0.3, 0.4) is 0 Å². The Labute approximate surface area is 324 Å². The number of aromatic nitrogens is 4. The Morgan fingerprint density at radius 1 is 0.464 bits per heavy atom. The van der Waals surface area contributed by atoms with Crippen LogP contribution in [0.15, 0.2) is 24.3 Å². The molecule has 14 heteroatoms. The van der Waals surface area contributed by atoms with Crippen molar-refractivity contribution in [3.8, 4) is 0 Å². The van der Waals surface area contributed by atoms with Gasteiger partial charge in [-0.2, -0.15) is 0 Å². The van der Waals surface area contributed by atoms with Crippen LogP contribution < -0.4 is 0 Å². The number of aryl methyl sites for hydroxylation is 3. The highest BCUT2D eigenvalue weighted by atomic mass is 16.5. The molecule has 2 aliphatic heterocycles. The van der Waals surface area contributed by atoms with E-state index in [4.69, 9.17) is 33.7 Å². The molecular formula is C42H48N4O10. The first-order valence-electron chi connectivity index (χ1n) is 18.3. The van der Waals surface area contributed by atoms with E-state index in [1.165, 1.54) is 35.5 Å². The fourth-order valence-corrected chi connectivity index (χ4v) is 7.11. The smallest absolute Gasteiger partial charge is 0.310 e. The van der Waals surface area contributed by atoms with Gasteiger partial charge in [-0.25, -0.2) is 9.97 Å². The molecule has 0 fully saturated rings. The molecule has 0 atom stereocenters. The van der Waals surface area contributed by atoms with Gasteiger partial charge >= 0.3 is 29.8 Å². The number of H-pyrrole nitrogens is 2. The zero-order valence-corrected chi connectivity index (χ0v) is 33.2. The molecule has 0 aromatic carbocycles. The second-order valence-corrected chi connectivity index (χ2v) is 13.6. The Balaban J connectivity index is 1.93. The number of methoxy groups -OCH3 is 5. The second-order valence-electron chi connectivity index (χ2n) is 13.6. The number of fused-ring (bicyclic) bond motifs is 8. The Morgan fingerprint density at radius 2 is 0.857 bits per heavy atom. The van der Waals surface area contributed by atoms with E-state index >= 15 is 0 Å². The van der Waals surface area contributed by atoms with Crippen molar-refractivity contribution in [1.29, 1.82) is 0 Å². The van der Waals surface area contributed by atoms with Crippen LogP contribution in [0.25, 0.3) is 44.4 Å². The largest absolute Gasteiger partial charge is 0.469 e. The van der Waals surface area contributed by atoms with Crippen molar-refractivity contribution in [2.45, 2.75) is 78.6 Å². The average molecular weight is 769 g/mol.